The highest BCUT2D eigenvalue weighted by Crippen LogP contribution is 2.22. The summed E-state index contributed by atoms with van der Waals surface area (Å²) in [6.07, 6.45) is 5.73. The summed E-state index contributed by atoms with van der Waals surface area (Å²) in [5.41, 5.74) is 2.79. The van der Waals surface area contributed by atoms with Crippen LogP contribution in [0.4, 0.5) is 5.95 Å². The van der Waals surface area contributed by atoms with E-state index in [1.807, 2.05) is 36.4 Å². The molecule has 216 valence electrons. The minimum absolute atomic E-state index is 0.0868. The van der Waals surface area contributed by atoms with Crippen LogP contribution in [0.3, 0.4) is 0 Å². The highest BCUT2D eigenvalue weighted by molar-refractivity contribution is 7.89. The Hall–Kier alpha value is -5.01. The first kappa shape index (κ1) is 28.5. The maximum absolute atomic E-state index is 13.1. The molecule has 13 heteroatoms. The molecule has 0 bridgehead atoms. The van der Waals surface area contributed by atoms with Gasteiger partial charge in [0, 0.05) is 37.4 Å². The van der Waals surface area contributed by atoms with Gasteiger partial charge < -0.3 is 20.7 Å². The molecule has 0 fully saturated rings. The Morgan fingerprint density at radius 1 is 0.976 bits per heavy atom. The Morgan fingerprint density at radius 3 is 2.45 bits per heavy atom. The van der Waals surface area contributed by atoms with Crippen molar-refractivity contribution in [3.8, 4) is 11.1 Å². The zero-order chi connectivity index (χ0) is 29.5. The van der Waals surface area contributed by atoms with Crippen molar-refractivity contribution in [1.29, 1.82) is 0 Å². The minimum Gasteiger partial charge on any atom is -0.480 e. The van der Waals surface area contributed by atoms with E-state index < -0.39 is 34.5 Å². The van der Waals surface area contributed by atoms with E-state index in [9.17, 15) is 23.1 Å². The third-order valence-electron chi connectivity index (χ3n) is 6.60. The number of hydrogen-bond acceptors (Lipinski definition) is 7. The first-order chi connectivity index (χ1) is 20.3. The fraction of sp³-hybridized carbons (Fsp3) is 0.172. The fourth-order valence-electron chi connectivity index (χ4n) is 4.46. The molecule has 0 saturated carbocycles. The Labute approximate surface area is 241 Å². The number of anilines is 1. The molecular weight excluding hydrogens is 558 g/mol. The number of sulfonamides is 1. The number of nitrogens with zero attached hydrogens (tertiary/aromatic N) is 3. The number of aliphatic carboxylic acids is 1. The van der Waals surface area contributed by atoms with E-state index in [1.54, 1.807) is 47.5 Å². The number of carboxylic acids is 1. The highest BCUT2D eigenvalue weighted by Gasteiger charge is 2.26. The van der Waals surface area contributed by atoms with E-state index in [0.29, 0.717) is 30.0 Å². The van der Waals surface area contributed by atoms with Gasteiger partial charge in [0.15, 0.2) is 5.95 Å². The number of carbonyl (C=O) groups excluding carboxylic acids is 1. The molecule has 2 aromatic heterocycles. The number of carboxylic acid groups (broad SMARTS) is 1. The van der Waals surface area contributed by atoms with E-state index in [4.69, 9.17) is 0 Å². The van der Waals surface area contributed by atoms with E-state index in [-0.39, 0.29) is 4.90 Å². The van der Waals surface area contributed by atoms with Crippen molar-refractivity contribution in [3.63, 3.8) is 0 Å². The zero-order valence-corrected chi connectivity index (χ0v) is 23.2. The van der Waals surface area contributed by atoms with Crippen molar-refractivity contribution >= 4 is 38.8 Å². The summed E-state index contributed by atoms with van der Waals surface area (Å²) in [5.74, 6) is -1.28. The molecule has 0 spiro atoms. The lowest BCUT2D eigenvalue weighted by molar-refractivity contribution is -0.138. The predicted octanol–water partition coefficient (Wildman–Crippen LogP) is 3.09. The molecule has 1 amide bonds. The lowest BCUT2D eigenvalue weighted by Crippen LogP contribution is -2.48. The second kappa shape index (κ2) is 12.7. The van der Waals surface area contributed by atoms with Crippen LogP contribution in [0.5, 0.6) is 0 Å². The van der Waals surface area contributed by atoms with Crippen molar-refractivity contribution in [3.05, 3.63) is 97.0 Å². The second-order valence-corrected chi connectivity index (χ2v) is 11.2. The molecule has 0 saturated heterocycles. The first-order valence-corrected chi connectivity index (χ1v) is 14.7. The number of aryl methyl sites for hydroxylation is 1. The number of amides is 1. The quantitative estimate of drug-likeness (QED) is 0.131. The number of aromatic amines is 1. The predicted molar refractivity (Wildman–Crippen MR) is 157 cm³/mol. The summed E-state index contributed by atoms with van der Waals surface area (Å²) in [7, 11) is -4.18. The van der Waals surface area contributed by atoms with E-state index in [1.165, 1.54) is 12.1 Å². The van der Waals surface area contributed by atoms with Crippen LogP contribution in [-0.2, 0) is 21.4 Å². The number of nitrogens with one attached hydrogen (secondary N) is 4. The third kappa shape index (κ3) is 6.65. The monoisotopic (exact) mass is 587 g/mol. The highest BCUT2D eigenvalue weighted by atomic mass is 32.2. The lowest BCUT2D eigenvalue weighted by Gasteiger charge is -2.16. The number of H-pyrrole nitrogens is 1. The molecule has 5 aromatic rings. The summed E-state index contributed by atoms with van der Waals surface area (Å²) in [6.45, 7) is 0.800. The molecule has 3 aromatic carbocycles. The van der Waals surface area contributed by atoms with Gasteiger partial charge in [-0.15, -0.1) is 0 Å². The number of carbonyl (C=O) groups is 2. The number of imidazole rings is 1. The number of aromatic nitrogens is 4. The maximum Gasteiger partial charge on any atom is 0.323 e. The van der Waals surface area contributed by atoms with Gasteiger partial charge in [-0.25, -0.2) is 13.4 Å². The van der Waals surface area contributed by atoms with Gasteiger partial charge in [-0.1, -0.05) is 48.5 Å². The normalized spacial score (nSPS) is 12.2. The standard InChI is InChI=1S/C29H29N7O5S/c37-27(23-8-4-9-26-24(23)18-34-36(26)17-5-14-30-29-31-15-16-32-29)33-19-25(28(38)39)35-42(40,41)22-12-10-21(11-13-22)20-6-2-1-3-7-20/h1-4,6-13,15-16,18,25,35H,5,14,17,19H2,(H,33,37)(H,38,39)(H2,30,31,32). The molecule has 12 nitrogen and oxygen atoms in total. The first-order valence-electron chi connectivity index (χ1n) is 13.2. The molecule has 1 unspecified atom stereocenters. The van der Waals surface area contributed by atoms with Gasteiger partial charge in [-0.05, 0) is 41.8 Å². The van der Waals surface area contributed by atoms with Crippen LogP contribution in [-0.4, -0.2) is 64.3 Å². The fourth-order valence-corrected chi connectivity index (χ4v) is 5.65. The molecule has 2 heterocycles. The van der Waals surface area contributed by atoms with Gasteiger partial charge >= 0.3 is 5.97 Å². The number of hydrogen-bond donors (Lipinski definition) is 5. The van der Waals surface area contributed by atoms with Crippen LogP contribution in [0.2, 0.25) is 0 Å². The smallest absolute Gasteiger partial charge is 0.323 e. The molecule has 0 aliphatic carbocycles. The summed E-state index contributed by atoms with van der Waals surface area (Å²) in [5, 5.41) is 20.4. The largest absolute Gasteiger partial charge is 0.480 e. The van der Waals surface area contributed by atoms with Crippen LogP contribution < -0.4 is 15.4 Å². The van der Waals surface area contributed by atoms with Gasteiger partial charge in [0.1, 0.15) is 6.04 Å². The van der Waals surface area contributed by atoms with Gasteiger partial charge in [0.25, 0.3) is 5.91 Å². The third-order valence-corrected chi connectivity index (χ3v) is 8.09. The van der Waals surface area contributed by atoms with Crippen molar-refractivity contribution in [1.82, 2.24) is 29.8 Å². The molecule has 5 N–H and O–H groups in total. The van der Waals surface area contributed by atoms with E-state index in [0.717, 1.165) is 23.1 Å². The van der Waals surface area contributed by atoms with Crippen molar-refractivity contribution in [2.24, 2.45) is 0 Å². The number of fused-ring (bicyclic) bond motifs is 1. The number of rotatable bonds is 13. The van der Waals surface area contributed by atoms with Crippen LogP contribution in [0.1, 0.15) is 16.8 Å². The van der Waals surface area contributed by atoms with Crippen LogP contribution >= 0.6 is 0 Å². The van der Waals surface area contributed by atoms with Crippen LogP contribution in [0.25, 0.3) is 22.0 Å². The molecule has 0 aliphatic rings. The summed E-state index contributed by atoms with van der Waals surface area (Å²) in [4.78, 5) is 32.0. The summed E-state index contributed by atoms with van der Waals surface area (Å²) < 4.78 is 29.9. The Bertz CT molecular complexity index is 1770. The van der Waals surface area contributed by atoms with Gasteiger partial charge in [0.2, 0.25) is 10.0 Å². The average Bonchev–Trinajstić information content (AvgIpc) is 3.68. The van der Waals surface area contributed by atoms with E-state index >= 15 is 0 Å². The molecule has 5 rings (SSSR count). The van der Waals surface area contributed by atoms with Crippen molar-refractivity contribution in [2.75, 3.05) is 18.4 Å². The van der Waals surface area contributed by atoms with Crippen LogP contribution in [0, 0.1) is 0 Å². The minimum atomic E-state index is -4.18. The molecular formula is C29H29N7O5S. The molecule has 1 atom stereocenters. The Morgan fingerprint density at radius 2 is 1.74 bits per heavy atom. The Balaban J connectivity index is 1.21. The summed E-state index contributed by atoms with van der Waals surface area (Å²) in [6, 6.07) is 19.1. The lowest BCUT2D eigenvalue weighted by atomic mass is 10.1. The number of benzene rings is 3. The maximum atomic E-state index is 13.1. The Kier molecular flexibility index (Phi) is 8.60. The molecule has 0 radical (unpaired) electrons. The van der Waals surface area contributed by atoms with Crippen LogP contribution in [0.15, 0.2) is 96.3 Å². The SMILES string of the molecule is O=C(NCC(NS(=O)(=O)c1ccc(-c2ccccc2)cc1)C(=O)O)c1cccc2c1cnn2CCCNc1ncc[nH]1. The van der Waals surface area contributed by atoms with Crippen molar-refractivity contribution < 1.29 is 23.1 Å². The molecule has 0 aliphatic heterocycles. The van der Waals surface area contributed by atoms with Gasteiger partial charge in [0.05, 0.1) is 22.2 Å². The molecule has 42 heavy (non-hydrogen) atoms. The average molecular weight is 588 g/mol. The topological polar surface area (TPSA) is 171 Å². The van der Waals surface area contributed by atoms with Gasteiger partial charge in [-0.3, -0.25) is 14.3 Å². The van der Waals surface area contributed by atoms with E-state index in [2.05, 4.69) is 30.4 Å². The second-order valence-electron chi connectivity index (χ2n) is 9.44. The van der Waals surface area contributed by atoms with Crippen molar-refractivity contribution in [2.45, 2.75) is 23.9 Å². The van der Waals surface area contributed by atoms with Gasteiger partial charge in [-0.2, -0.15) is 9.82 Å². The summed E-state index contributed by atoms with van der Waals surface area (Å²) >= 11 is 0. The zero-order valence-electron chi connectivity index (χ0n) is 22.4.